The third-order valence-electron chi connectivity index (χ3n) is 6.61. The molecule has 0 spiro atoms. The van der Waals surface area contributed by atoms with Crippen molar-refractivity contribution in [2.75, 3.05) is 39.3 Å². The van der Waals surface area contributed by atoms with Crippen LogP contribution in [0.25, 0.3) is 0 Å². The Balaban J connectivity index is 1.27. The van der Waals surface area contributed by atoms with Crippen LogP contribution < -0.4 is 10.1 Å². The number of amides is 2. The number of carbonyl (C=O) groups is 2. The number of nitrogens with zero attached hydrogens (tertiary/aromatic N) is 2. The van der Waals surface area contributed by atoms with Crippen molar-refractivity contribution in [1.82, 2.24) is 15.1 Å². The summed E-state index contributed by atoms with van der Waals surface area (Å²) in [5.41, 5.74) is 0. The molecule has 0 unspecified atom stereocenters. The van der Waals surface area contributed by atoms with Crippen LogP contribution in [0.2, 0.25) is 5.02 Å². The molecule has 30 heavy (non-hydrogen) atoms. The van der Waals surface area contributed by atoms with Crippen LogP contribution in [0.15, 0.2) is 24.3 Å². The summed E-state index contributed by atoms with van der Waals surface area (Å²) in [6, 6.07) is 6.98. The Morgan fingerprint density at radius 3 is 2.33 bits per heavy atom. The van der Waals surface area contributed by atoms with E-state index in [1.165, 1.54) is 25.7 Å². The number of hydrogen-bond acceptors (Lipinski definition) is 4. The lowest BCUT2D eigenvalue weighted by molar-refractivity contribution is -0.137. The van der Waals surface area contributed by atoms with E-state index in [0.29, 0.717) is 35.7 Å². The zero-order valence-corrected chi connectivity index (χ0v) is 18.3. The van der Waals surface area contributed by atoms with Gasteiger partial charge in [0.15, 0.2) is 6.61 Å². The minimum absolute atomic E-state index is 0.0137. The molecule has 2 aliphatic carbocycles. The van der Waals surface area contributed by atoms with Crippen LogP contribution in [0.3, 0.4) is 0 Å². The highest BCUT2D eigenvalue weighted by Gasteiger charge is 2.37. The van der Waals surface area contributed by atoms with E-state index in [9.17, 15) is 9.59 Å². The molecule has 1 aromatic rings. The monoisotopic (exact) mass is 433 g/mol. The van der Waals surface area contributed by atoms with Crippen LogP contribution in [-0.2, 0) is 9.59 Å². The molecule has 1 aliphatic heterocycles. The summed E-state index contributed by atoms with van der Waals surface area (Å²) < 4.78 is 5.60. The van der Waals surface area contributed by atoms with Crippen molar-refractivity contribution in [3.8, 4) is 5.75 Å². The summed E-state index contributed by atoms with van der Waals surface area (Å²) in [6.45, 7) is 3.61. The lowest BCUT2D eigenvalue weighted by Gasteiger charge is -2.40. The third kappa shape index (κ3) is 5.67. The van der Waals surface area contributed by atoms with Crippen LogP contribution in [0.4, 0.5) is 0 Å². The van der Waals surface area contributed by atoms with Gasteiger partial charge in [-0.1, -0.05) is 24.4 Å². The molecule has 6 nitrogen and oxygen atoms in total. The van der Waals surface area contributed by atoms with Gasteiger partial charge in [-0.25, -0.2) is 0 Å². The molecule has 7 heteroatoms. The van der Waals surface area contributed by atoms with Gasteiger partial charge >= 0.3 is 0 Å². The average Bonchev–Trinajstić information content (AvgIpc) is 3.45. The van der Waals surface area contributed by atoms with Gasteiger partial charge in [-0.3, -0.25) is 14.5 Å². The van der Waals surface area contributed by atoms with Crippen LogP contribution in [0.5, 0.6) is 5.75 Å². The summed E-state index contributed by atoms with van der Waals surface area (Å²) in [5, 5.41) is 3.85. The van der Waals surface area contributed by atoms with Gasteiger partial charge in [-0.15, -0.1) is 0 Å². The number of rotatable bonds is 8. The summed E-state index contributed by atoms with van der Waals surface area (Å²) in [7, 11) is 0. The van der Waals surface area contributed by atoms with Crippen molar-refractivity contribution in [3.05, 3.63) is 29.3 Å². The number of hydrogen-bond donors (Lipinski definition) is 1. The first-order valence-electron chi connectivity index (χ1n) is 11.3. The van der Waals surface area contributed by atoms with Crippen molar-refractivity contribution >= 4 is 23.4 Å². The molecule has 0 aromatic heterocycles. The maximum Gasteiger partial charge on any atom is 0.260 e. The molecule has 1 heterocycles. The maximum absolute atomic E-state index is 13.0. The van der Waals surface area contributed by atoms with Crippen molar-refractivity contribution in [2.24, 2.45) is 11.8 Å². The van der Waals surface area contributed by atoms with Gasteiger partial charge < -0.3 is 15.0 Å². The number of benzene rings is 1. The SMILES string of the molecule is O=C(NCC1CC1)[C@@H](C1CCCC1)N1CCN(C(=O)COc2ccc(Cl)cc2)CC1. The Kier molecular flexibility index (Phi) is 7.16. The zero-order chi connectivity index (χ0) is 20.9. The molecule has 4 rings (SSSR count). The van der Waals surface area contributed by atoms with Gasteiger partial charge in [0.2, 0.25) is 5.91 Å². The molecule has 2 amide bonds. The molecule has 3 fully saturated rings. The van der Waals surface area contributed by atoms with Gasteiger partial charge in [-0.2, -0.15) is 0 Å². The summed E-state index contributed by atoms with van der Waals surface area (Å²) >= 11 is 5.88. The third-order valence-corrected chi connectivity index (χ3v) is 6.87. The molecular weight excluding hydrogens is 402 g/mol. The Labute approximate surface area is 183 Å². The second-order valence-corrected chi connectivity index (χ2v) is 9.27. The van der Waals surface area contributed by atoms with Gasteiger partial charge in [0.1, 0.15) is 5.75 Å². The van der Waals surface area contributed by atoms with Gasteiger partial charge in [0.25, 0.3) is 5.91 Å². The minimum Gasteiger partial charge on any atom is -0.484 e. The first-order chi connectivity index (χ1) is 14.6. The molecule has 2 saturated carbocycles. The normalized spacial score (nSPS) is 21.4. The fraction of sp³-hybridized carbons (Fsp3) is 0.652. The Bertz CT molecular complexity index is 724. The fourth-order valence-electron chi connectivity index (χ4n) is 4.64. The minimum atomic E-state index is -0.0474. The first kappa shape index (κ1) is 21.4. The summed E-state index contributed by atoms with van der Waals surface area (Å²) in [6.07, 6.45) is 7.20. The van der Waals surface area contributed by atoms with E-state index < -0.39 is 0 Å². The largest absolute Gasteiger partial charge is 0.484 e. The number of piperazine rings is 1. The highest BCUT2D eigenvalue weighted by molar-refractivity contribution is 6.30. The summed E-state index contributed by atoms with van der Waals surface area (Å²) in [5.74, 6) is 1.95. The molecule has 0 bridgehead atoms. The predicted octanol–water partition coefficient (Wildman–Crippen LogP) is 2.95. The van der Waals surface area contributed by atoms with Crippen LogP contribution >= 0.6 is 11.6 Å². The van der Waals surface area contributed by atoms with Crippen molar-refractivity contribution in [1.29, 1.82) is 0 Å². The topological polar surface area (TPSA) is 61.9 Å². The van der Waals surface area contributed by atoms with Crippen LogP contribution in [-0.4, -0.2) is 67.0 Å². The van der Waals surface area contributed by atoms with Crippen LogP contribution in [0, 0.1) is 11.8 Å². The average molecular weight is 434 g/mol. The number of nitrogens with one attached hydrogen (secondary N) is 1. The van der Waals surface area contributed by atoms with Gasteiger partial charge in [0, 0.05) is 37.7 Å². The van der Waals surface area contributed by atoms with E-state index in [-0.39, 0.29) is 24.5 Å². The quantitative estimate of drug-likeness (QED) is 0.684. The molecule has 1 N–H and O–H groups in total. The lowest BCUT2D eigenvalue weighted by atomic mass is 9.95. The highest BCUT2D eigenvalue weighted by Crippen LogP contribution is 2.32. The Hall–Kier alpha value is -1.79. The zero-order valence-electron chi connectivity index (χ0n) is 17.5. The standard InChI is InChI=1S/C23H32ClN3O3/c24-19-7-9-20(10-8-19)30-16-21(28)26-11-13-27(14-12-26)22(18-3-1-2-4-18)23(29)25-15-17-5-6-17/h7-10,17-18,22H,1-6,11-16H2,(H,25,29)/t22-/m1/s1. The fourth-order valence-corrected chi connectivity index (χ4v) is 4.77. The Morgan fingerprint density at radius 2 is 1.70 bits per heavy atom. The number of halogens is 1. The van der Waals surface area contributed by atoms with Crippen molar-refractivity contribution in [3.63, 3.8) is 0 Å². The smallest absolute Gasteiger partial charge is 0.260 e. The van der Waals surface area contributed by atoms with E-state index in [1.54, 1.807) is 24.3 Å². The van der Waals surface area contributed by atoms with Crippen LogP contribution in [0.1, 0.15) is 38.5 Å². The predicted molar refractivity (Wildman–Crippen MR) is 117 cm³/mol. The van der Waals surface area contributed by atoms with Crippen molar-refractivity contribution in [2.45, 2.75) is 44.6 Å². The van der Waals surface area contributed by atoms with E-state index in [0.717, 1.165) is 32.5 Å². The van der Waals surface area contributed by atoms with E-state index >= 15 is 0 Å². The number of carbonyl (C=O) groups excluding carboxylic acids is 2. The molecule has 0 radical (unpaired) electrons. The second kappa shape index (κ2) is 10.0. The van der Waals surface area contributed by atoms with E-state index in [4.69, 9.17) is 16.3 Å². The number of ether oxygens (including phenoxy) is 1. The van der Waals surface area contributed by atoms with E-state index in [2.05, 4.69) is 10.2 Å². The molecule has 164 valence electrons. The maximum atomic E-state index is 13.0. The molecular formula is C23H32ClN3O3. The Morgan fingerprint density at radius 1 is 1.03 bits per heavy atom. The van der Waals surface area contributed by atoms with E-state index in [1.807, 2.05) is 4.90 Å². The highest BCUT2D eigenvalue weighted by atomic mass is 35.5. The van der Waals surface area contributed by atoms with Gasteiger partial charge in [-0.05, 0) is 61.8 Å². The summed E-state index contributed by atoms with van der Waals surface area (Å²) in [4.78, 5) is 29.7. The molecule has 1 aromatic carbocycles. The van der Waals surface area contributed by atoms with Crippen molar-refractivity contribution < 1.29 is 14.3 Å². The second-order valence-electron chi connectivity index (χ2n) is 8.84. The molecule has 1 atom stereocenters. The molecule has 3 aliphatic rings. The molecule has 1 saturated heterocycles. The first-order valence-corrected chi connectivity index (χ1v) is 11.7. The lowest BCUT2D eigenvalue weighted by Crippen LogP contribution is -2.58. The van der Waals surface area contributed by atoms with Gasteiger partial charge in [0.05, 0.1) is 6.04 Å².